The van der Waals surface area contributed by atoms with Crippen molar-refractivity contribution in [3.05, 3.63) is 69.7 Å². The summed E-state index contributed by atoms with van der Waals surface area (Å²) < 4.78 is 6.99. The second kappa shape index (κ2) is 7.40. The minimum absolute atomic E-state index is 0.0790. The molecule has 29 heavy (non-hydrogen) atoms. The molecule has 0 radical (unpaired) electrons. The predicted molar refractivity (Wildman–Crippen MR) is 110 cm³/mol. The van der Waals surface area contributed by atoms with Crippen LogP contribution in [0.2, 0.25) is 5.02 Å². The Bertz CT molecular complexity index is 1280. The van der Waals surface area contributed by atoms with Crippen molar-refractivity contribution in [3.8, 4) is 22.8 Å². The minimum atomic E-state index is -0.779. The fraction of sp³-hybridized carbons (Fsp3) is 0.100. The highest BCUT2D eigenvalue weighted by atomic mass is 35.5. The van der Waals surface area contributed by atoms with E-state index in [0.717, 1.165) is 0 Å². The van der Waals surface area contributed by atoms with Crippen LogP contribution in [0.15, 0.2) is 53.3 Å². The Balaban J connectivity index is 2.05. The van der Waals surface area contributed by atoms with E-state index in [-0.39, 0.29) is 22.7 Å². The quantitative estimate of drug-likeness (QED) is 0.525. The van der Waals surface area contributed by atoms with Crippen LogP contribution in [-0.4, -0.2) is 32.0 Å². The number of carbonyl (C=O) groups is 1. The zero-order chi connectivity index (χ0) is 20.5. The maximum atomic E-state index is 12.8. The Morgan fingerprint density at radius 2 is 1.90 bits per heavy atom. The fourth-order valence-electron chi connectivity index (χ4n) is 3.03. The van der Waals surface area contributed by atoms with E-state index in [1.54, 1.807) is 48.5 Å². The molecule has 0 aliphatic carbocycles. The number of ether oxygens (including phenoxy) is 1. The van der Waals surface area contributed by atoms with Gasteiger partial charge in [-0.25, -0.2) is 19.3 Å². The molecule has 0 saturated heterocycles. The van der Waals surface area contributed by atoms with E-state index >= 15 is 0 Å². The number of hydrogen-bond acceptors (Lipinski definition) is 5. The summed E-state index contributed by atoms with van der Waals surface area (Å²) in [5.74, 6) is -0.0333. The van der Waals surface area contributed by atoms with E-state index in [2.05, 4.69) is 15.0 Å². The van der Waals surface area contributed by atoms with Crippen LogP contribution in [0.25, 0.3) is 28.2 Å². The number of para-hydroxylation sites is 2. The normalized spacial score (nSPS) is 11.0. The molecule has 2 heterocycles. The summed E-state index contributed by atoms with van der Waals surface area (Å²) in [5, 5.41) is 0.550. The number of nitrogens with zero attached hydrogens (tertiary/aromatic N) is 3. The van der Waals surface area contributed by atoms with Gasteiger partial charge in [0.2, 0.25) is 0 Å². The average Bonchev–Trinajstić information content (AvgIpc) is 3.04. The predicted octanol–water partition coefficient (Wildman–Crippen LogP) is 2.93. The third-order valence-electron chi connectivity index (χ3n) is 4.28. The lowest BCUT2D eigenvalue weighted by atomic mass is 10.2. The Morgan fingerprint density at radius 3 is 2.59 bits per heavy atom. The van der Waals surface area contributed by atoms with Gasteiger partial charge < -0.3 is 15.5 Å². The molecule has 0 atom stereocenters. The van der Waals surface area contributed by atoms with E-state index in [1.807, 2.05) is 6.92 Å². The Kier molecular flexibility index (Phi) is 4.77. The number of amides is 1. The topological polar surface area (TPSA) is 116 Å². The van der Waals surface area contributed by atoms with Crippen LogP contribution in [0.4, 0.5) is 0 Å². The number of aromatic nitrogens is 4. The number of fused-ring (bicyclic) bond motifs is 1. The van der Waals surface area contributed by atoms with Gasteiger partial charge in [0.05, 0.1) is 12.3 Å². The number of nitrogens with two attached hydrogens (primary N) is 1. The van der Waals surface area contributed by atoms with Gasteiger partial charge >= 0.3 is 5.69 Å². The molecule has 0 aliphatic rings. The molecule has 0 bridgehead atoms. The monoisotopic (exact) mass is 409 g/mol. The van der Waals surface area contributed by atoms with Gasteiger partial charge in [0.1, 0.15) is 11.3 Å². The van der Waals surface area contributed by atoms with Crippen molar-refractivity contribution >= 4 is 28.7 Å². The lowest BCUT2D eigenvalue weighted by molar-refractivity contribution is 0.0997. The van der Waals surface area contributed by atoms with Gasteiger partial charge in [-0.2, -0.15) is 0 Å². The summed E-state index contributed by atoms with van der Waals surface area (Å²) in [6, 6.07) is 13.9. The molecular weight excluding hydrogens is 394 g/mol. The number of H-pyrrole nitrogens is 1. The van der Waals surface area contributed by atoms with Crippen molar-refractivity contribution in [2.24, 2.45) is 5.73 Å². The van der Waals surface area contributed by atoms with Crippen LogP contribution in [0.5, 0.6) is 5.75 Å². The number of halogens is 1. The van der Waals surface area contributed by atoms with Crippen LogP contribution in [0.3, 0.4) is 0 Å². The van der Waals surface area contributed by atoms with E-state index < -0.39 is 11.6 Å². The van der Waals surface area contributed by atoms with Crippen molar-refractivity contribution < 1.29 is 9.53 Å². The van der Waals surface area contributed by atoms with Crippen molar-refractivity contribution in [2.75, 3.05) is 6.61 Å². The summed E-state index contributed by atoms with van der Waals surface area (Å²) in [4.78, 5) is 36.2. The number of primary amides is 1. The molecule has 3 N–H and O–H groups in total. The smallest absolute Gasteiger partial charge is 0.332 e. The van der Waals surface area contributed by atoms with Gasteiger partial charge in [-0.15, -0.1) is 0 Å². The summed E-state index contributed by atoms with van der Waals surface area (Å²) in [7, 11) is 0. The zero-order valence-corrected chi connectivity index (χ0v) is 16.1. The van der Waals surface area contributed by atoms with Gasteiger partial charge in [0.15, 0.2) is 17.2 Å². The van der Waals surface area contributed by atoms with E-state index in [0.29, 0.717) is 28.6 Å². The first-order valence-electron chi connectivity index (χ1n) is 8.80. The van der Waals surface area contributed by atoms with Crippen LogP contribution in [0.1, 0.15) is 17.4 Å². The lowest BCUT2D eigenvalue weighted by Gasteiger charge is -2.11. The maximum Gasteiger partial charge on any atom is 0.332 e. The largest absolute Gasteiger partial charge is 0.492 e. The molecule has 2 aromatic carbocycles. The van der Waals surface area contributed by atoms with Gasteiger partial charge in [0.25, 0.3) is 5.91 Å². The number of nitrogens with one attached hydrogen (secondary N) is 1. The highest BCUT2D eigenvalue weighted by Crippen LogP contribution is 2.27. The highest BCUT2D eigenvalue weighted by Gasteiger charge is 2.21. The third kappa shape index (κ3) is 3.34. The van der Waals surface area contributed by atoms with Gasteiger partial charge in [0, 0.05) is 10.6 Å². The summed E-state index contributed by atoms with van der Waals surface area (Å²) in [5.41, 5.74) is 6.44. The first-order valence-corrected chi connectivity index (χ1v) is 9.18. The standard InChI is InChI=1S/C20H16ClN5O3/c1-2-29-14-6-4-3-5-13(14)26-19-16(24-20(26)28)15(17(22)27)23-18(25-19)11-7-9-12(21)10-8-11/h3-10H,2H2,1H3,(H2,22,27)(H,24,28). The number of benzene rings is 2. The Hall–Kier alpha value is -3.65. The van der Waals surface area contributed by atoms with Crippen molar-refractivity contribution in [2.45, 2.75) is 6.92 Å². The first-order chi connectivity index (χ1) is 14.0. The SMILES string of the molecule is CCOc1ccccc1-n1c(=O)[nH]c2c(C(N)=O)nc(-c3ccc(Cl)cc3)nc21. The summed E-state index contributed by atoms with van der Waals surface area (Å²) in [6.07, 6.45) is 0. The summed E-state index contributed by atoms with van der Waals surface area (Å²) >= 11 is 5.95. The number of carbonyl (C=O) groups excluding carboxylic acids is 1. The molecule has 146 valence electrons. The van der Waals surface area contributed by atoms with Crippen molar-refractivity contribution in [3.63, 3.8) is 0 Å². The summed E-state index contributed by atoms with van der Waals surface area (Å²) in [6.45, 7) is 2.27. The average molecular weight is 410 g/mol. The molecule has 9 heteroatoms. The number of imidazole rings is 1. The molecule has 0 unspecified atom stereocenters. The minimum Gasteiger partial charge on any atom is -0.492 e. The molecule has 4 aromatic rings. The number of rotatable bonds is 5. The lowest BCUT2D eigenvalue weighted by Crippen LogP contribution is -2.16. The highest BCUT2D eigenvalue weighted by molar-refractivity contribution is 6.30. The second-order valence-electron chi connectivity index (χ2n) is 6.13. The van der Waals surface area contributed by atoms with Crippen LogP contribution in [0, 0.1) is 0 Å². The molecular formula is C20H16ClN5O3. The second-order valence-corrected chi connectivity index (χ2v) is 6.57. The van der Waals surface area contributed by atoms with Crippen LogP contribution in [-0.2, 0) is 0 Å². The third-order valence-corrected chi connectivity index (χ3v) is 4.53. The molecule has 0 saturated carbocycles. The molecule has 0 spiro atoms. The van der Waals surface area contributed by atoms with Gasteiger partial charge in [-0.05, 0) is 43.3 Å². The molecule has 4 rings (SSSR count). The van der Waals surface area contributed by atoms with Gasteiger partial charge in [-0.1, -0.05) is 23.7 Å². The number of aromatic amines is 1. The van der Waals surface area contributed by atoms with Crippen molar-refractivity contribution in [1.29, 1.82) is 0 Å². The van der Waals surface area contributed by atoms with Crippen LogP contribution >= 0.6 is 11.6 Å². The molecule has 0 aliphatic heterocycles. The first kappa shape index (κ1) is 18.7. The van der Waals surface area contributed by atoms with Gasteiger partial charge in [-0.3, -0.25) is 4.79 Å². The molecule has 8 nitrogen and oxygen atoms in total. The Morgan fingerprint density at radius 1 is 1.17 bits per heavy atom. The van der Waals surface area contributed by atoms with Crippen molar-refractivity contribution in [1.82, 2.24) is 19.5 Å². The van der Waals surface area contributed by atoms with E-state index in [4.69, 9.17) is 22.1 Å². The van der Waals surface area contributed by atoms with E-state index in [9.17, 15) is 9.59 Å². The zero-order valence-electron chi connectivity index (χ0n) is 15.3. The fourth-order valence-corrected chi connectivity index (χ4v) is 3.16. The Labute approximate surface area is 169 Å². The van der Waals surface area contributed by atoms with E-state index in [1.165, 1.54) is 4.57 Å². The molecule has 0 fully saturated rings. The van der Waals surface area contributed by atoms with Crippen LogP contribution < -0.4 is 16.2 Å². The molecule has 2 aromatic heterocycles. The molecule has 1 amide bonds. The maximum absolute atomic E-state index is 12.8. The number of hydrogen-bond donors (Lipinski definition) is 2.